The number of anilines is 1. The van der Waals surface area contributed by atoms with Crippen molar-refractivity contribution >= 4 is 62.3 Å². The summed E-state index contributed by atoms with van der Waals surface area (Å²) in [6.45, 7) is 3.60. The molecule has 7 nitrogen and oxygen atoms in total. The molecule has 1 N–H and O–H groups in total. The van der Waals surface area contributed by atoms with E-state index in [1.807, 2.05) is 6.92 Å². The van der Waals surface area contributed by atoms with Gasteiger partial charge in [-0.05, 0) is 66.9 Å². The number of benzene rings is 3. The van der Waals surface area contributed by atoms with E-state index < -0.39 is 28.5 Å². The third kappa shape index (κ3) is 7.88. The number of sulfonamides is 1. The predicted molar refractivity (Wildman–Crippen MR) is 157 cm³/mol. The predicted octanol–water partition coefficient (Wildman–Crippen LogP) is 6.18. The first-order valence-corrected chi connectivity index (χ1v) is 15.0. The topological polar surface area (TPSA) is 86.8 Å². The molecule has 0 radical (unpaired) electrons. The van der Waals surface area contributed by atoms with E-state index in [0.29, 0.717) is 39.3 Å². The van der Waals surface area contributed by atoms with Gasteiger partial charge in [0.15, 0.2) is 0 Å². The van der Waals surface area contributed by atoms with Crippen molar-refractivity contribution in [2.24, 2.45) is 0 Å². The van der Waals surface area contributed by atoms with Crippen LogP contribution in [0, 0.1) is 0 Å². The van der Waals surface area contributed by atoms with Crippen LogP contribution < -0.4 is 9.62 Å². The Labute approximate surface area is 244 Å². The van der Waals surface area contributed by atoms with Gasteiger partial charge in [0.05, 0.1) is 10.6 Å². The molecule has 0 aliphatic carbocycles. The van der Waals surface area contributed by atoms with Gasteiger partial charge in [0, 0.05) is 28.2 Å². The first-order valence-electron chi connectivity index (χ1n) is 12.4. The highest BCUT2D eigenvalue weighted by atomic mass is 35.5. The lowest BCUT2D eigenvalue weighted by Crippen LogP contribution is -2.52. The normalized spacial score (nSPS) is 12.0. The summed E-state index contributed by atoms with van der Waals surface area (Å²) in [5.74, 6) is -0.898. The van der Waals surface area contributed by atoms with Crippen LogP contribution in [0.3, 0.4) is 0 Å². The molecule has 3 aromatic carbocycles. The zero-order chi connectivity index (χ0) is 28.6. The SMILES string of the molecule is CCCNC(=O)[C@@H](CC)N(Cc1ccc(Cl)cc1Cl)C(=O)CN(c1ccccc1)S(=O)(=O)c1ccc(Cl)cc1. The Bertz CT molecular complexity index is 1390. The monoisotopic (exact) mass is 609 g/mol. The molecule has 0 spiro atoms. The lowest BCUT2D eigenvalue weighted by Gasteiger charge is -2.33. The molecule has 0 unspecified atom stereocenters. The summed E-state index contributed by atoms with van der Waals surface area (Å²) in [5, 5.41) is 3.98. The van der Waals surface area contributed by atoms with Gasteiger partial charge in [-0.3, -0.25) is 13.9 Å². The molecule has 3 aromatic rings. The van der Waals surface area contributed by atoms with Crippen LogP contribution in [0.4, 0.5) is 5.69 Å². The van der Waals surface area contributed by atoms with Crippen LogP contribution in [-0.4, -0.2) is 44.3 Å². The van der Waals surface area contributed by atoms with Crippen molar-refractivity contribution in [3.63, 3.8) is 0 Å². The Hall–Kier alpha value is -2.78. The Balaban J connectivity index is 2.04. The Morgan fingerprint density at radius 3 is 2.13 bits per heavy atom. The minimum absolute atomic E-state index is 0.0174. The smallest absolute Gasteiger partial charge is 0.264 e. The zero-order valence-corrected chi connectivity index (χ0v) is 24.7. The van der Waals surface area contributed by atoms with Crippen LogP contribution in [0.1, 0.15) is 32.3 Å². The summed E-state index contributed by atoms with van der Waals surface area (Å²) in [7, 11) is -4.17. The van der Waals surface area contributed by atoms with Gasteiger partial charge in [0.1, 0.15) is 12.6 Å². The van der Waals surface area contributed by atoms with Crippen LogP contribution in [0.25, 0.3) is 0 Å². The highest BCUT2D eigenvalue weighted by molar-refractivity contribution is 7.92. The van der Waals surface area contributed by atoms with Gasteiger partial charge in [-0.2, -0.15) is 0 Å². The maximum atomic E-state index is 14.0. The van der Waals surface area contributed by atoms with E-state index in [9.17, 15) is 18.0 Å². The molecule has 39 heavy (non-hydrogen) atoms. The van der Waals surface area contributed by atoms with Gasteiger partial charge in [-0.1, -0.05) is 72.9 Å². The average Bonchev–Trinajstić information content (AvgIpc) is 2.92. The largest absolute Gasteiger partial charge is 0.354 e. The number of nitrogens with one attached hydrogen (secondary N) is 1. The van der Waals surface area contributed by atoms with Gasteiger partial charge in [0.2, 0.25) is 11.8 Å². The molecule has 2 amide bonds. The molecule has 0 aromatic heterocycles. The molecule has 1 atom stereocenters. The van der Waals surface area contributed by atoms with Crippen molar-refractivity contribution in [3.05, 3.63) is 93.4 Å². The second kappa shape index (κ2) is 14.0. The maximum Gasteiger partial charge on any atom is 0.264 e. The van der Waals surface area contributed by atoms with Gasteiger partial charge in [-0.15, -0.1) is 0 Å². The molecule has 0 aliphatic heterocycles. The standard InChI is InChI=1S/C28H30Cl3N3O4S/c1-3-16-32-28(36)26(4-2)33(18-20-10-11-22(30)17-25(20)31)27(35)19-34(23-8-6-5-7-9-23)39(37,38)24-14-12-21(29)13-15-24/h5-15,17,26H,3-4,16,18-19H2,1-2H3,(H,32,36)/t26-/m1/s1. The molecule has 208 valence electrons. The summed E-state index contributed by atoms with van der Waals surface area (Å²) in [5.41, 5.74) is 0.872. The second-order valence-corrected chi connectivity index (χ2v) is 11.9. The van der Waals surface area contributed by atoms with Crippen molar-refractivity contribution in [1.82, 2.24) is 10.2 Å². The molecule has 0 aliphatic rings. The lowest BCUT2D eigenvalue weighted by molar-refractivity contribution is -0.140. The highest BCUT2D eigenvalue weighted by Gasteiger charge is 2.33. The summed E-state index contributed by atoms with van der Waals surface area (Å²) in [6.07, 6.45) is 1.03. The third-order valence-corrected chi connectivity index (χ3v) is 8.64. The van der Waals surface area contributed by atoms with Gasteiger partial charge < -0.3 is 10.2 Å². The van der Waals surface area contributed by atoms with E-state index in [0.717, 1.165) is 10.7 Å². The molecule has 11 heteroatoms. The second-order valence-electron chi connectivity index (χ2n) is 8.77. The van der Waals surface area contributed by atoms with Crippen molar-refractivity contribution in [1.29, 1.82) is 0 Å². The molecule has 0 saturated carbocycles. The highest BCUT2D eigenvalue weighted by Crippen LogP contribution is 2.27. The first kappa shape index (κ1) is 30.8. The fraction of sp³-hybridized carbons (Fsp3) is 0.286. The molecule has 0 fully saturated rings. The van der Waals surface area contributed by atoms with Crippen LogP contribution >= 0.6 is 34.8 Å². The molecule has 0 saturated heterocycles. The van der Waals surface area contributed by atoms with Gasteiger partial charge in [-0.25, -0.2) is 8.42 Å². The van der Waals surface area contributed by atoms with Gasteiger partial charge in [0.25, 0.3) is 10.0 Å². The summed E-state index contributed by atoms with van der Waals surface area (Å²) in [4.78, 5) is 28.4. The van der Waals surface area contributed by atoms with Crippen molar-refractivity contribution in [2.75, 3.05) is 17.4 Å². The number of halogens is 3. The van der Waals surface area contributed by atoms with E-state index in [1.54, 1.807) is 55.5 Å². The maximum absolute atomic E-state index is 14.0. The van der Waals surface area contributed by atoms with Crippen LogP contribution in [0.15, 0.2) is 77.7 Å². The molecule has 0 bridgehead atoms. The summed E-state index contributed by atoms with van der Waals surface area (Å²) < 4.78 is 28.6. The minimum Gasteiger partial charge on any atom is -0.354 e. The van der Waals surface area contributed by atoms with Crippen LogP contribution in [0.5, 0.6) is 0 Å². The number of carbonyl (C=O) groups is 2. The molecular weight excluding hydrogens is 581 g/mol. The zero-order valence-electron chi connectivity index (χ0n) is 21.6. The van der Waals surface area contributed by atoms with Crippen molar-refractivity contribution in [2.45, 2.75) is 44.2 Å². The molecule has 0 heterocycles. The van der Waals surface area contributed by atoms with E-state index in [4.69, 9.17) is 34.8 Å². The number of rotatable bonds is 12. The lowest BCUT2D eigenvalue weighted by atomic mass is 10.1. The number of nitrogens with zero attached hydrogens (tertiary/aromatic N) is 2. The Morgan fingerprint density at radius 2 is 1.54 bits per heavy atom. The summed E-state index contributed by atoms with van der Waals surface area (Å²) >= 11 is 18.4. The van der Waals surface area contributed by atoms with E-state index >= 15 is 0 Å². The van der Waals surface area contributed by atoms with Crippen LogP contribution in [0.2, 0.25) is 15.1 Å². The Morgan fingerprint density at radius 1 is 0.897 bits per heavy atom. The first-order chi connectivity index (χ1) is 18.6. The molecule has 3 rings (SSSR count). The summed E-state index contributed by atoms with van der Waals surface area (Å²) in [6, 6.07) is 18.1. The number of hydrogen-bond donors (Lipinski definition) is 1. The quantitative estimate of drug-likeness (QED) is 0.266. The van der Waals surface area contributed by atoms with E-state index in [1.165, 1.54) is 29.2 Å². The fourth-order valence-electron chi connectivity index (χ4n) is 3.98. The third-order valence-electron chi connectivity index (χ3n) is 6.02. The van der Waals surface area contributed by atoms with Crippen molar-refractivity contribution < 1.29 is 18.0 Å². The van der Waals surface area contributed by atoms with E-state index in [-0.39, 0.29) is 17.3 Å². The number of amides is 2. The fourth-order valence-corrected chi connectivity index (χ4v) is 5.98. The number of para-hydroxylation sites is 1. The number of hydrogen-bond acceptors (Lipinski definition) is 4. The minimum atomic E-state index is -4.17. The van der Waals surface area contributed by atoms with E-state index in [2.05, 4.69) is 5.32 Å². The van der Waals surface area contributed by atoms with Crippen LogP contribution in [-0.2, 0) is 26.2 Å². The van der Waals surface area contributed by atoms with Gasteiger partial charge >= 0.3 is 0 Å². The number of carbonyl (C=O) groups excluding carboxylic acids is 2. The average molecular weight is 611 g/mol. The van der Waals surface area contributed by atoms with Crippen molar-refractivity contribution in [3.8, 4) is 0 Å². The Kier molecular flexibility index (Phi) is 11.1. The molecular formula is C28H30Cl3N3O4S.